The zero-order chi connectivity index (χ0) is 18.6. The first-order chi connectivity index (χ1) is 12.3. The summed E-state index contributed by atoms with van der Waals surface area (Å²) in [5, 5.41) is 5.25. The zero-order valence-corrected chi connectivity index (χ0v) is 16.7. The lowest BCUT2D eigenvalue weighted by Gasteiger charge is -2.24. The van der Waals surface area contributed by atoms with Gasteiger partial charge in [0.25, 0.3) is 0 Å². The number of halogens is 1. The van der Waals surface area contributed by atoms with Crippen LogP contribution in [0.1, 0.15) is 29.5 Å². The Bertz CT molecular complexity index is 1020. The molecule has 2 atom stereocenters. The van der Waals surface area contributed by atoms with Crippen LogP contribution in [0.5, 0.6) is 0 Å². The Morgan fingerprint density at radius 1 is 1.19 bits per heavy atom. The van der Waals surface area contributed by atoms with Crippen molar-refractivity contribution < 1.29 is 13.2 Å². The van der Waals surface area contributed by atoms with Gasteiger partial charge in [-0.3, -0.25) is 4.79 Å². The van der Waals surface area contributed by atoms with E-state index in [1.807, 2.05) is 6.07 Å². The molecule has 5 nitrogen and oxygen atoms in total. The van der Waals surface area contributed by atoms with Crippen LogP contribution in [0.3, 0.4) is 0 Å². The van der Waals surface area contributed by atoms with Gasteiger partial charge in [-0.25, -0.2) is 13.6 Å². The van der Waals surface area contributed by atoms with E-state index in [1.165, 1.54) is 23.3 Å². The first-order valence-corrected chi connectivity index (χ1v) is 10.8. The molecule has 2 aromatic rings. The van der Waals surface area contributed by atoms with E-state index in [2.05, 4.69) is 35.0 Å². The fraction of sp³-hybridized carbons (Fsp3) is 0.316. The van der Waals surface area contributed by atoms with Crippen LogP contribution in [-0.2, 0) is 27.7 Å². The second kappa shape index (κ2) is 6.18. The van der Waals surface area contributed by atoms with Gasteiger partial charge in [-0.2, -0.15) is 0 Å². The first kappa shape index (κ1) is 17.7. The smallest absolute Gasteiger partial charge is 0.238 e. The topological polar surface area (TPSA) is 80.5 Å². The van der Waals surface area contributed by atoms with Crippen LogP contribution < -0.4 is 10.0 Å². The minimum Gasteiger partial charge on any atom is -0.312 e. The molecule has 2 aliphatic rings. The van der Waals surface area contributed by atoms with E-state index in [0.717, 1.165) is 16.5 Å². The molecule has 0 aromatic heterocycles. The van der Waals surface area contributed by atoms with Crippen molar-refractivity contribution in [1.82, 2.24) is 0 Å². The summed E-state index contributed by atoms with van der Waals surface area (Å²) in [5.41, 5.74) is 4.06. The van der Waals surface area contributed by atoms with E-state index in [9.17, 15) is 13.2 Å². The molecule has 1 heterocycles. The van der Waals surface area contributed by atoms with Crippen molar-refractivity contribution >= 4 is 37.5 Å². The van der Waals surface area contributed by atoms with Gasteiger partial charge >= 0.3 is 0 Å². The Morgan fingerprint density at radius 3 is 2.69 bits per heavy atom. The molecule has 0 fully saturated rings. The standard InChI is InChI=1S/C19H19BrN2O3S/c1-11-16-5-3-14(20)8-13(16)9-17(11)19(23)22-7-6-12-2-4-15(10-18(12)22)26(21,24)25/h2-5,8,10-11,17H,6-7,9H2,1H3,(H2,21,24,25). The molecule has 0 radical (unpaired) electrons. The number of hydrogen-bond acceptors (Lipinski definition) is 3. The van der Waals surface area contributed by atoms with Gasteiger partial charge in [0.15, 0.2) is 0 Å². The maximum Gasteiger partial charge on any atom is 0.238 e. The second-order valence-corrected chi connectivity index (χ2v) is 9.49. The molecule has 2 aromatic carbocycles. The van der Waals surface area contributed by atoms with Gasteiger partial charge in [0.1, 0.15) is 0 Å². The number of amides is 1. The van der Waals surface area contributed by atoms with Crippen LogP contribution in [0.2, 0.25) is 0 Å². The van der Waals surface area contributed by atoms with Gasteiger partial charge < -0.3 is 4.90 Å². The highest BCUT2D eigenvalue weighted by Gasteiger charge is 2.38. The molecule has 0 bridgehead atoms. The van der Waals surface area contributed by atoms with Gasteiger partial charge in [0, 0.05) is 22.6 Å². The third kappa shape index (κ3) is 2.88. The molecule has 0 saturated carbocycles. The number of carbonyl (C=O) groups excluding carboxylic acids is 1. The highest BCUT2D eigenvalue weighted by Crippen LogP contribution is 2.41. The zero-order valence-electron chi connectivity index (χ0n) is 14.3. The van der Waals surface area contributed by atoms with E-state index >= 15 is 0 Å². The maximum atomic E-state index is 13.3. The Morgan fingerprint density at radius 2 is 1.96 bits per heavy atom. The summed E-state index contributed by atoms with van der Waals surface area (Å²) < 4.78 is 24.4. The average molecular weight is 435 g/mol. The third-order valence-corrected chi connectivity index (χ3v) is 6.91. The normalized spacial score (nSPS) is 21.6. The van der Waals surface area contributed by atoms with E-state index in [1.54, 1.807) is 11.0 Å². The monoisotopic (exact) mass is 434 g/mol. The molecule has 2 unspecified atom stereocenters. The molecule has 1 aliphatic heterocycles. The Labute approximate surface area is 161 Å². The summed E-state index contributed by atoms with van der Waals surface area (Å²) >= 11 is 3.49. The number of benzene rings is 2. The molecule has 0 saturated heterocycles. The van der Waals surface area contributed by atoms with Crippen LogP contribution in [0.4, 0.5) is 5.69 Å². The van der Waals surface area contributed by atoms with Crippen LogP contribution in [0.25, 0.3) is 0 Å². The Balaban J connectivity index is 1.66. The van der Waals surface area contributed by atoms with Crippen LogP contribution in [0.15, 0.2) is 45.8 Å². The molecule has 136 valence electrons. The molecule has 1 aliphatic carbocycles. The largest absolute Gasteiger partial charge is 0.312 e. The maximum absolute atomic E-state index is 13.3. The van der Waals surface area contributed by atoms with E-state index in [-0.39, 0.29) is 22.6 Å². The third-order valence-electron chi connectivity index (χ3n) is 5.50. The number of hydrogen-bond donors (Lipinski definition) is 1. The van der Waals surface area contributed by atoms with Gasteiger partial charge in [-0.05, 0) is 59.7 Å². The van der Waals surface area contributed by atoms with Crippen molar-refractivity contribution in [2.45, 2.75) is 30.6 Å². The summed E-state index contributed by atoms with van der Waals surface area (Å²) in [6.07, 6.45) is 1.43. The number of carbonyl (C=O) groups is 1. The molecule has 1 amide bonds. The summed E-state index contributed by atoms with van der Waals surface area (Å²) in [7, 11) is -3.79. The Hall–Kier alpha value is -1.70. The van der Waals surface area contributed by atoms with Gasteiger partial charge in [-0.1, -0.05) is 35.0 Å². The molecule has 0 spiro atoms. The predicted octanol–water partition coefficient (Wildman–Crippen LogP) is 2.96. The number of fused-ring (bicyclic) bond motifs is 2. The lowest BCUT2D eigenvalue weighted by Crippen LogP contribution is -2.36. The van der Waals surface area contributed by atoms with Crippen LogP contribution in [0, 0.1) is 5.92 Å². The van der Waals surface area contributed by atoms with Gasteiger partial charge in [-0.15, -0.1) is 0 Å². The molecule has 2 N–H and O–H groups in total. The number of primary sulfonamides is 1. The molecule has 4 rings (SSSR count). The number of rotatable bonds is 2. The lowest BCUT2D eigenvalue weighted by atomic mass is 9.93. The van der Waals surface area contributed by atoms with Crippen molar-refractivity contribution in [2.24, 2.45) is 11.1 Å². The predicted molar refractivity (Wildman–Crippen MR) is 104 cm³/mol. The number of anilines is 1. The fourth-order valence-electron chi connectivity index (χ4n) is 4.09. The summed E-state index contributed by atoms with van der Waals surface area (Å²) in [6, 6.07) is 11.0. The second-order valence-electron chi connectivity index (χ2n) is 7.02. The summed E-state index contributed by atoms with van der Waals surface area (Å²) in [5.74, 6) is 0.0506. The fourth-order valence-corrected chi connectivity index (χ4v) is 5.03. The highest BCUT2D eigenvalue weighted by atomic mass is 79.9. The number of nitrogens with zero attached hydrogens (tertiary/aromatic N) is 1. The number of nitrogens with two attached hydrogens (primary N) is 1. The van der Waals surface area contributed by atoms with E-state index in [4.69, 9.17) is 5.14 Å². The van der Waals surface area contributed by atoms with Gasteiger partial charge in [0.2, 0.25) is 15.9 Å². The first-order valence-electron chi connectivity index (χ1n) is 8.51. The molecular formula is C19H19BrN2O3S. The molecular weight excluding hydrogens is 416 g/mol. The van der Waals surface area contributed by atoms with Crippen molar-refractivity contribution in [3.05, 3.63) is 57.6 Å². The minimum atomic E-state index is -3.79. The molecule has 26 heavy (non-hydrogen) atoms. The SMILES string of the molecule is CC1c2ccc(Br)cc2CC1C(=O)N1CCc2ccc(S(N)(=O)=O)cc21. The van der Waals surface area contributed by atoms with Crippen LogP contribution in [-0.4, -0.2) is 20.9 Å². The van der Waals surface area contributed by atoms with Crippen molar-refractivity contribution in [3.8, 4) is 0 Å². The van der Waals surface area contributed by atoms with Crippen molar-refractivity contribution in [1.29, 1.82) is 0 Å². The van der Waals surface area contributed by atoms with Crippen molar-refractivity contribution in [3.63, 3.8) is 0 Å². The highest BCUT2D eigenvalue weighted by molar-refractivity contribution is 9.10. The summed E-state index contributed by atoms with van der Waals surface area (Å²) in [6.45, 7) is 2.66. The number of sulfonamides is 1. The van der Waals surface area contributed by atoms with E-state index in [0.29, 0.717) is 18.7 Å². The average Bonchev–Trinajstić information content (AvgIpc) is 3.14. The lowest BCUT2D eigenvalue weighted by molar-refractivity contribution is -0.122. The minimum absolute atomic E-state index is 0.0441. The molecule has 7 heteroatoms. The quantitative estimate of drug-likeness (QED) is 0.788. The Kier molecular flexibility index (Phi) is 4.21. The van der Waals surface area contributed by atoms with Crippen LogP contribution >= 0.6 is 15.9 Å². The van der Waals surface area contributed by atoms with Crippen molar-refractivity contribution in [2.75, 3.05) is 11.4 Å². The van der Waals surface area contributed by atoms with Gasteiger partial charge in [0.05, 0.1) is 4.90 Å². The summed E-state index contributed by atoms with van der Waals surface area (Å²) in [4.78, 5) is 15.0. The van der Waals surface area contributed by atoms with E-state index < -0.39 is 10.0 Å².